The van der Waals surface area contributed by atoms with Crippen LogP contribution in [0.2, 0.25) is 0 Å². The molecule has 2 aliphatic carbocycles. The van der Waals surface area contributed by atoms with E-state index in [0.29, 0.717) is 16.7 Å². The zero-order valence-corrected chi connectivity index (χ0v) is 33.3. The molecule has 0 spiro atoms. The molecule has 15 nitrogen and oxygen atoms in total. The van der Waals surface area contributed by atoms with Gasteiger partial charge in [-0.1, -0.05) is 87.5 Å². The van der Waals surface area contributed by atoms with Crippen LogP contribution < -0.4 is 27.0 Å². The molecule has 59 heavy (non-hydrogen) atoms. The van der Waals surface area contributed by atoms with Gasteiger partial charge in [0.1, 0.15) is 23.7 Å². The number of aromatic nitrogens is 2. The van der Waals surface area contributed by atoms with Crippen LogP contribution in [-0.4, -0.2) is 74.7 Å². The van der Waals surface area contributed by atoms with E-state index in [2.05, 4.69) is 33.2 Å². The molecule has 5 amide bonds. The highest BCUT2D eigenvalue weighted by atomic mass is 16.6. The molecule has 1 saturated heterocycles. The van der Waals surface area contributed by atoms with E-state index in [4.69, 9.17) is 9.15 Å². The van der Waals surface area contributed by atoms with Crippen molar-refractivity contribution in [2.24, 2.45) is 11.3 Å². The number of rotatable bonds is 11. The first-order valence-corrected chi connectivity index (χ1v) is 19.9. The lowest BCUT2D eigenvalue weighted by Crippen LogP contribution is -2.60. The van der Waals surface area contributed by atoms with E-state index in [1.54, 1.807) is 27.0 Å². The van der Waals surface area contributed by atoms with E-state index in [1.165, 1.54) is 34.1 Å². The molecular formula is C44H49N7O8. The van der Waals surface area contributed by atoms with Crippen molar-refractivity contribution in [1.29, 1.82) is 0 Å². The Bertz CT molecular complexity index is 2260. The molecule has 2 aromatic heterocycles. The van der Waals surface area contributed by atoms with Crippen LogP contribution in [-0.2, 0) is 19.1 Å². The van der Waals surface area contributed by atoms with Crippen LogP contribution in [0.3, 0.4) is 0 Å². The SMILES string of the molecule is C=C[C@@H]1C[C@@]1(NC(=O)[C@@H]1C[C@@H](n2ncc(-c3ccccc3)c(-c3ccccc3)c2=O)CN1C(=O)[C@@H](NC(=O)OC1CCCC1)C(C)(C)C)C(=O)NNC(=O)c1ccco1. The Morgan fingerprint density at radius 1 is 0.949 bits per heavy atom. The van der Waals surface area contributed by atoms with Crippen LogP contribution in [0.5, 0.6) is 0 Å². The van der Waals surface area contributed by atoms with Crippen LogP contribution in [0, 0.1) is 11.3 Å². The van der Waals surface area contributed by atoms with E-state index in [0.717, 1.165) is 31.2 Å². The molecule has 7 rings (SSSR count). The number of hydrogen-bond acceptors (Lipinski definition) is 9. The van der Waals surface area contributed by atoms with Gasteiger partial charge in [-0.2, -0.15) is 5.10 Å². The first kappa shape index (κ1) is 40.7. The van der Waals surface area contributed by atoms with E-state index in [1.807, 2.05) is 60.7 Å². The van der Waals surface area contributed by atoms with Gasteiger partial charge >= 0.3 is 12.0 Å². The number of nitrogens with zero attached hydrogens (tertiary/aromatic N) is 3. The second-order valence-electron chi connectivity index (χ2n) is 16.5. The summed E-state index contributed by atoms with van der Waals surface area (Å²) < 4.78 is 12.1. The monoisotopic (exact) mass is 803 g/mol. The number of ether oxygens (including phenoxy) is 1. The minimum Gasteiger partial charge on any atom is -0.459 e. The number of amides is 5. The van der Waals surface area contributed by atoms with Gasteiger partial charge in [0.05, 0.1) is 24.1 Å². The second-order valence-corrected chi connectivity index (χ2v) is 16.5. The smallest absolute Gasteiger partial charge is 0.408 e. The standard InChI is InChI=1S/C44H49N7O8/c1-5-29-24-44(29,41(56)49-48-38(53)34-21-14-22-58-34)47-37(52)33-23-30(26-50(33)40(55)36(43(2,3)4)46-42(57)59-31-19-12-13-20-31)51-39(54)35(28-17-10-7-11-18-28)32(25-45-51)27-15-8-6-9-16-27/h5-11,14-18,21-22,25,29-31,33,36H,1,12-13,19-20,23-24,26H2,2-4H3,(H,46,57)(H,47,52)(H,48,53)(H,49,56)/t29-,30-,33+,36-,44+/m1/s1. The van der Waals surface area contributed by atoms with Crippen molar-refractivity contribution in [3.05, 3.63) is 114 Å². The maximum atomic E-state index is 14.8. The largest absolute Gasteiger partial charge is 0.459 e. The molecule has 0 radical (unpaired) electrons. The summed E-state index contributed by atoms with van der Waals surface area (Å²) in [6, 6.07) is 18.5. The van der Waals surface area contributed by atoms with Gasteiger partial charge in [0.15, 0.2) is 5.76 Å². The minimum absolute atomic E-state index is 0.0317. The van der Waals surface area contributed by atoms with Crippen LogP contribution in [0.15, 0.2) is 107 Å². The summed E-state index contributed by atoms with van der Waals surface area (Å²) in [5.74, 6) is -3.16. The molecule has 15 heteroatoms. The third-order valence-electron chi connectivity index (χ3n) is 11.4. The molecule has 4 N–H and O–H groups in total. The maximum absolute atomic E-state index is 14.8. The van der Waals surface area contributed by atoms with Gasteiger partial charge in [0, 0.05) is 24.4 Å². The van der Waals surface area contributed by atoms with Crippen LogP contribution in [0.25, 0.3) is 22.3 Å². The lowest BCUT2D eigenvalue weighted by atomic mass is 9.85. The molecule has 3 heterocycles. The fraction of sp³-hybridized carbons (Fsp3) is 0.386. The summed E-state index contributed by atoms with van der Waals surface area (Å²) in [5, 5.41) is 10.3. The summed E-state index contributed by atoms with van der Waals surface area (Å²) in [4.78, 5) is 84.8. The van der Waals surface area contributed by atoms with Gasteiger partial charge in [0.2, 0.25) is 11.8 Å². The molecule has 2 aromatic carbocycles. The summed E-state index contributed by atoms with van der Waals surface area (Å²) in [6.07, 6.45) is 6.98. The zero-order valence-electron chi connectivity index (χ0n) is 33.3. The highest BCUT2D eigenvalue weighted by molar-refractivity contribution is 6.00. The molecule has 1 aliphatic heterocycles. The summed E-state index contributed by atoms with van der Waals surface area (Å²) in [5.41, 5.74) is 4.42. The Morgan fingerprint density at radius 3 is 2.24 bits per heavy atom. The van der Waals surface area contributed by atoms with Gasteiger partial charge in [-0.25, -0.2) is 9.48 Å². The predicted octanol–water partition coefficient (Wildman–Crippen LogP) is 4.92. The fourth-order valence-corrected chi connectivity index (χ4v) is 8.09. The molecule has 3 aliphatic rings. The molecule has 5 atom stereocenters. The van der Waals surface area contributed by atoms with Crippen molar-refractivity contribution in [2.75, 3.05) is 6.54 Å². The van der Waals surface area contributed by atoms with E-state index >= 15 is 0 Å². The van der Waals surface area contributed by atoms with Crippen molar-refractivity contribution in [1.82, 2.24) is 36.2 Å². The zero-order chi connectivity index (χ0) is 41.9. The summed E-state index contributed by atoms with van der Waals surface area (Å²) in [6.45, 7) is 9.10. The number of alkyl carbamates (subject to hydrolysis) is 1. The molecular weight excluding hydrogens is 755 g/mol. The Hall–Kier alpha value is -6.51. The normalized spacial score (nSPS) is 21.9. The van der Waals surface area contributed by atoms with Gasteiger partial charge in [-0.05, 0) is 60.8 Å². The van der Waals surface area contributed by atoms with Gasteiger partial charge in [-0.3, -0.25) is 34.8 Å². The van der Waals surface area contributed by atoms with Crippen LogP contribution in [0.1, 0.15) is 75.9 Å². The Morgan fingerprint density at radius 2 is 1.63 bits per heavy atom. The van der Waals surface area contributed by atoms with Crippen molar-refractivity contribution in [2.45, 2.75) is 89.1 Å². The average molecular weight is 804 g/mol. The molecule has 4 aromatic rings. The maximum Gasteiger partial charge on any atom is 0.408 e. The Kier molecular flexibility index (Phi) is 11.6. The Labute approximate surface area is 341 Å². The number of hydrogen-bond donors (Lipinski definition) is 4. The van der Waals surface area contributed by atoms with E-state index in [9.17, 15) is 28.8 Å². The molecule has 308 valence electrons. The van der Waals surface area contributed by atoms with E-state index < -0.39 is 70.3 Å². The first-order valence-electron chi connectivity index (χ1n) is 19.9. The number of benzene rings is 2. The Balaban J connectivity index is 1.22. The van der Waals surface area contributed by atoms with Gasteiger partial charge < -0.3 is 24.7 Å². The number of furan rings is 1. The van der Waals surface area contributed by atoms with Crippen molar-refractivity contribution >= 4 is 29.7 Å². The van der Waals surface area contributed by atoms with Crippen LogP contribution >= 0.6 is 0 Å². The van der Waals surface area contributed by atoms with Crippen molar-refractivity contribution in [3.63, 3.8) is 0 Å². The molecule has 3 fully saturated rings. The quantitative estimate of drug-likeness (QED) is 0.120. The second kappa shape index (κ2) is 16.8. The van der Waals surface area contributed by atoms with Crippen molar-refractivity contribution < 1.29 is 33.1 Å². The van der Waals surface area contributed by atoms with Crippen LogP contribution in [0.4, 0.5) is 4.79 Å². The topological polar surface area (TPSA) is 194 Å². The summed E-state index contributed by atoms with van der Waals surface area (Å²) >= 11 is 0. The first-order chi connectivity index (χ1) is 28.3. The predicted molar refractivity (Wildman–Crippen MR) is 217 cm³/mol. The van der Waals surface area contributed by atoms with Crippen molar-refractivity contribution in [3.8, 4) is 22.3 Å². The minimum atomic E-state index is -1.50. The highest BCUT2D eigenvalue weighted by Gasteiger charge is 2.61. The lowest BCUT2D eigenvalue weighted by Gasteiger charge is -2.35. The fourth-order valence-electron chi connectivity index (χ4n) is 8.09. The average Bonchev–Trinajstić information content (AvgIpc) is 3.74. The number of carbonyl (C=O) groups excluding carboxylic acids is 5. The summed E-state index contributed by atoms with van der Waals surface area (Å²) in [7, 11) is 0. The number of hydrazine groups is 1. The third kappa shape index (κ3) is 8.54. The lowest BCUT2D eigenvalue weighted by molar-refractivity contribution is -0.143. The molecule has 0 bridgehead atoms. The number of likely N-dealkylation sites (tertiary alicyclic amines) is 1. The van der Waals surface area contributed by atoms with Gasteiger partial charge in [-0.15, -0.1) is 6.58 Å². The number of carbonyl (C=O) groups is 5. The highest BCUT2D eigenvalue weighted by Crippen LogP contribution is 2.45. The molecule has 2 saturated carbocycles. The van der Waals surface area contributed by atoms with Gasteiger partial charge in [0.25, 0.3) is 11.5 Å². The van der Waals surface area contributed by atoms with E-state index in [-0.39, 0.29) is 31.3 Å². The molecule has 0 unspecified atom stereocenters. The third-order valence-corrected chi connectivity index (χ3v) is 11.4. The number of nitrogens with one attached hydrogen (secondary N) is 4.